The highest BCUT2D eigenvalue weighted by atomic mass is 15.4. The largest absolute Gasteiger partial charge is 0.321 e. The highest BCUT2D eigenvalue weighted by molar-refractivity contribution is 5.75. The van der Waals surface area contributed by atoms with Gasteiger partial charge in [0.1, 0.15) is 0 Å². The van der Waals surface area contributed by atoms with E-state index in [1.165, 1.54) is 5.01 Å². The van der Waals surface area contributed by atoms with Gasteiger partial charge in [0, 0.05) is 25.6 Å². The molecule has 0 aliphatic heterocycles. The number of hydrazine groups is 1. The van der Waals surface area contributed by atoms with Crippen molar-refractivity contribution < 1.29 is 0 Å². The van der Waals surface area contributed by atoms with Crippen LogP contribution in [0.25, 0.3) is 16.6 Å². The summed E-state index contributed by atoms with van der Waals surface area (Å²) in [5.41, 5.74) is 4.59. The van der Waals surface area contributed by atoms with Crippen LogP contribution in [0.4, 0.5) is 11.6 Å². The molecule has 3 aromatic heterocycles. The molecule has 3 heterocycles. The Labute approximate surface area is 167 Å². The molecule has 9 nitrogen and oxygen atoms in total. The Balaban J connectivity index is 1.62. The van der Waals surface area contributed by atoms with Gasteiger partial charge in [-0.25, -0.2) is 15.5 Å². The van der Waals surface area contributed by atoms with Crippen LogP contribution in [0.1, 0.15) is 11.1 Å². The third kappa shape index (κ3) is 4.14. The van der Waals surface area contributed by atoms with Crippen LogP contribution in [0.3, 0.4) is 0 Å². The van der Waals surface area contributed by atoms with Gasteiger partial charge in [0.15, 0.2) is 5.65 Å². The Hall–Kier alpha value is -3.98. The fourth-order valence-corrected chi connectivity index (χ4v) is 2.98. The van der Waals surface area contributed by atoms with E-state index in [0.717, 1.165) is 33.4 Å². The summed E-state index contributed by atoms with van der Waals surface area (Å²) in [4.78, 5) is 8.93. The van der Waals surface area contributed by atoms with E-state index < -0.39 is 0 Å². The van der Waals surface area contributed by atoms with E-state index in [1.54, 1.807) is 37.9 Å². The predicted molar refractivity (Wildman–Crippen MR) is 113 cm³/mol. The average Bonchev–Trinajstić information content (AvgIpc) is 3.36. The molecule has 0 aliphatic rings. The summed E-state index contributed by atoms with van der Waals surface area (Å²) in [7, 11) is 1.78. The second kappa shape index (κ2) is 7.95. The molecular weight excluding hydrogens is 366 g/mol. The molecule has 0 atom stereocenters. The maximum absolute atomic E-state index is 5.75. The summed E-state index contributed by atoms with van der Waals surface area (Å²) >= 11 is 0. The van der Waals surface area contributed by atoms with Crippen molar-refractivity contribution in [1.82, 2.24) is 35.0 Å². The quantitative estimate of drug-likeness (QED) is 0.254. The first kappa shape index (κ1) is 18.4. The van der Waals surface area contributed by atoms with Gasteiger partial charge in [-0.05, 0) is 22.8 Å². The third-order valence-corrected chi connectivity index (χ3v) is 4.29. The summed E-state index contributed by atoms with van der Waals surface area (Å²) in [5, 5.41) is 16.6. The summed E-state index contributed by atoms with van der Waals surface area (Å²) < 4.78 is 1.85. The van der Waals surface area contributed by atoms with Crippen molar-refractivity contribution in [3.63, 3.8) is 0 Å². The van der Waals surface area contributed by atoms with Crippen molar-refractivity contribution in [2.45, 2.75) is 6.54 Å². The smallest absolute Gasteiger partial charge is 0.229 e. The molecule has 146 valence electrons. The Morgan fingerprint density at radius 1 is 1.34 bits per heavy atom. The molecule has 0 aliphatic carbocycles. The number of nitrogens with two attached hydrogens (primary N) is 1. The number of anilines is 2. The van der Waals surface area contributed by atoms with E-state index >= 15 is 0 Å². The van der Waals surface area contributed by atoms with Gasteiger partial charge in [-0.15, -0.1) is 0 Å². The number of hydrogen-bond acceptors (Lipinski definition) is 7. The van der Waals surface area contributed by atoms with Gasteiger partial charge in [-0.3, -0.25) is 5.10 Å². The Kier molecular flexibility index (Phi) is 5.04. The minimum atomic E-state index is 0.484. The van der Waals surface area contributed by atoms with E-state index in [-0.39, 0.29) is 0 Å². The lowest BCUT2D eigenvalue weighted by atomic mass is 10.0. The van der Waals surface area contributed by atoms with Crippen LogP contribution in [0, 0.1) is 0 Å². The molecule has 0 saturated carbocycles. The predicted octanol–water partition coefficient (Wildman–Crippen LogP) is 2.67. The minimum Gasteiger partial charge on any atom is -0.321 e. The number of aromatic amines is 1. The third-order valence-electron chi connectivity index (χ3n) is 4.29. The molecule has 0 radical (unpaired) electrons. The summed E-state index contributed by atoms with van der Waals surface area (Å²) in [5.74, 6) is 6.23. The lowest BCUT2D eigenvalue weighted by molar-refractivity contribution is 0.487. The number of allylic oxidation sites excluding steroid dienone is 2. The molecule has 9 heteroatoms. The Bertz CT molecular complexity index is 1160. The number of aromatic nitrogens is 6. The van der Waals surface area contributed by atoms with Crippen molar-refractivity contribution in [3.8, 4) is 0 Å². The van der Waals surface area contributed by atoms with Crippen LogP contribution in [-0.4, -0.2) is 42.0 Å². The molecule has 0 spiro atoms. The average molecular weight is 387 g/mol. The molecular formula is C20H21N9. The Morgan fingerprint density at radius 3 is 3.00 bits per heavy atom. The first-order valence-electron chi connectivity index (χ1n) is 8.98. The number of benzene rings is 1. The second-order valence-corrected chi connectivity index (χ2v) is 6.54. The standard InChI is InChI=1S/C20H21N9/c1-3-15(13-28(2)21)16-6-4-5-14(7-16)12-29-19-17(9-25-29)8-22-20(27-19)26-18-10-23-24-11-18/h3-11,13H,1,12,21H2,2H3,(H,23,24)(H,22,26,27)/b15-13+. The van der Waals surface area contributed by atoms with Crippen LogP contribution >= 0.6 is 0 Å². The highest BCUT2D eigenvalue weighted by Crippen LogP contribution is 2.20. The number of fused-ring (bicyclic) bond motifs is 1. The topological polar surface area (TPSA) is 114 Å². The first-order chi connectivity index (χ1) is 14.1. The second-order valence-electron chi connectivity index (χ2n) is 6.54. The zero-order chi connectivity index (χ0) is 20.2. The highest BCUT2D eigenvalue weighted by Gasteiger charge is 2.09. The molecule has 4 rings (SSSR count). The van der Waals surface area contributed by atoms with Crippen molar-refractivity contribution in [2.75, 3.05) is 12.4 Å². The normalized spacial score (nSPS) is 11.6. The molecule has 0 unspecified atom stereocenters. The van der Waals surface area contributed by atoms with Gasteiger partial charge in [0.05, 0.1) is 30.0 Å². The van der Waals surface area contributed by atoms with E-state index in [4.69, 9.17) is 5.84 Å². The zero-order valence-corrected chi connectivity index (χ0v) is 15.9. The fourth-order valence-electron chi connectivity index (χ4n) is 2.98. The monoisotopic (exact) mass is 387 g/mol. The number of nitrogens with one attached hydrogen (secondary N) is 2. The van der Waals surface area contributed by atoms with E-state index in [9.17, 15) is 0 Å². The molecule has 4 aromatic rings. The van der Waals surface area contributed by atoms with Gasteiger partial charge in [0.25, 0.3) is 0 Å². The van der Waals surface area contributed by atoms with Crippen molar-refractivity contribution in [2.24, 2.45) is 5.84 Å². The molecule has 0 saturated heterocycles. The van der Waals surface area contributed by atoms with Crippen molar-refractivity contribution in [3.05, 3.63) is 79.0 Å². The van der Waals surface area contributed by atoms with Crippen LogP contribution in [0.15, 0.2) is 67.9 Å². The molecule has 1 aromatic carbocycles. The lowest BCUT2D eigenvalue weighted by Gasteiger charge is -2.11. The minimum absolute atomic E-state index is 0.484. The van der Waals surface area contributed by atoms with Gasteiger partial charge < -0.3 is 10.3 Å². The van der Waals surface area contributed by atoms with Crippen LogP contribution in [0.2, 0.25) is 0 Å². The van der Waals surface area contributed by atoms with Crippen LogP contribution in [0.5, 0.6) is 0 Å². The summed E-state index contributed by atoms with van der Waals surface area (Å²) in [6.07, 6.45) is 10.5. The van der Waals surface area contributed by atoms with E-state index in [0.29, 0.717) is 12.5 Å². The molecule has 0 fully saturated rings. The van der Waals surface area contributed by atoms with Crippen LogP contribution < -0.4 is 11.2 Å². The molecule has 4 N–H and O–H groups in total. The summed E-state index contributed by atoms with van der Waals surface area (Å²) in [6, 6.07) is 8.17. The molecule has 0 amide bonds. The number of hydrogen-bond donors (Lipinski definition) is 3. The number of H-pyrrole nitrogens is 1. The van der Waals surface area contributed by atoms with E-state index in [2.05, 4.69) is 49.3 Å². The molecule has 0 bridgehead atoms. The zero-order valence-electron chi connectivity index (χ0n) is 15.9. The maximum atomic E-state index is 5.75. The SMILES string of the molecule is C=C/C(=C\N(C)N)c1cccc(Cn2ncc3cnc(Nc4cn[nH]c4)nc32)c1. The Morgan fingerprint density at radius 2 is 2.24 bits per heavy atom. The van der Waals surface area contributed by atoms with Crippen molar-refractivity contribution in [1.29, 1.82) is 0 Å². The van der Waals surface area contributed by atoms with Crippen molar-refractivity contribution >= 4 is 28.2 Å². The first-order valence-corrected chi connectivity index (χ1v) is 8.98. The fraction of sp³-hybridized carbons (Fsp3) is 0.100. The maximum Gasteiger partial charge on any atom is 0.229 e. The van der Waals surface area contributed by atoms with E-state index in [1.807, 2.05) is 23.0 Å². The van der Waals surface area contributed by atoms with Gasteiger partial charge in [-0.1, -0.05) is 30.9 Å². The summed E-state index contributed by atoms with van der Waals surface area (Å²) in [6.45, 7) is 4.45. The lowest BCUT2D eigenvalue weighted by Crippen LogP contribution is -2.19. The number of rotatable bonds is 7. The van der Waals surface area contributed by atoms with Crippen LogP contribution in [-0.2, 0) is 6.54 Å². The number of nitrogens with zero attached hydrogens (tertiary/aromatic N) is 6. The van der Waals surface area contributed by atoms with Gasteiger partial charge in [-0.2, -0.15) is 15.2 Å². The van der Waals surface area contributed by atoms with Gasteiger partial charge in [0.2, 0.25) is 5.95 Å². The molecule has 29 heavy (non-hydrogen) atoms. The van der Waals surface area contributed by atoms with Gasteiger partial charge >= 0.3 is 0 Å².